The molecule has 1 aromatic rings. The molecule has 2 rings (SSSR count). The number of benzene rings is 1. The predicted octanol–water partition coefficient (Wildman–Crippen LogP) is 2.05. The zero-order chi connectivity index (χ0) is 14.4. The van der Waals surface area contributed by atoms with E-state index in [2.05, 4.69) is 9.73 Å². The second-order valence-corrected chi connectivity index (χ2v) is 4.30. The number of nitrogens with zero attached hydrogens (tertiary/aromatic N) is 2. The highest BCUT2D eigenvalue weighted by molar-refractivity contribution is 14.0. The van der Waals surface area contributed by atoms with Crippen LogP contribution in [-0.4, -0.2) is 43.8 Å². The van der Waals surface area contributed by atoms with Crippen molar-refractivity contribution in [3.63, 3.8) is 0 Å². The van der Waals surface area contributed by atoms with Gasteiger partial charge in [0.1, 0.15) is 5.75 Å². The average molecular weight is 413 g/mol. The molecule has 0 amide bonds. The van der Waals surface area contributed by atoms with Crippen molar-refractivity contribution in [2.75, 3.05) is 26.3 Å². The molecule has 0 aliphatic carbocycles. The third-order valence-electron chi connectivity index (χ3n) is 2.88. The molecule has 1 aliphatic rings. The second kappa shape index (κ2) is 8.98. The third kappa shape index (κ3) is 6.00. The highest BCUT2D eigenvalue weighted by Gasteiger charge is 2.12. The Labute approximate surface area is 139 Å². The lowest BCUT2D eigenvalue weighted by molar-refractivity contribution is -0.0498. The molecule has 2 N–H and O–H groups in total. The summed E-state index contributed by atoms with van der Waals surface area (Å²) in [5.41, 5.74) is 6.65. The minimum atomic E-state index is -2.83. The molecule has 0 aromatic heterocycles. The summed E-state index contributed by atoms with van der Waals surface area (Å²) >= 11 is 0. The molecule has 0 unspecified atom stereocenters. The SMILES string of the molecule is I.NC(=NCc1cccc(OC(F)F)c1)N1CCOCC1. The van der Waals surface area contributed by atoms with Gasteiger partial charge in [0.2, 0.25) is 0 Å². The fourth-order valence-corrected chi connectivity index (χ4v) is 1.88. The van der Waals surface area contributed by atoms with Crippen molar-refractivity contribution in [2.45, 2.75) is 13.2 Å². The van der Waals surface area contributed by atoms with Crippen molar-refractivity contribution >= 4 is 29.9 Å². The van der Waals surface area contributed by atoms with Gasteiger partial charge in [0, 0.05) is 13.1 Å². The number of ether oxygens (including phenoxy) is 2. The van der Waals surface area contributed by atoms with Crippen LogP contribution in [0.3, 0.4) is 0 Å². The number of alkyl halides is 2. The number of hydrogen-bond donors (Lipinski definition) is 1. The molecule has 0 bridgehead atoms. The van der Waals surface area contributed by atoms with Crippen LogP contribution < -0.4 is 10.5 Å². The Bertz CT molecular complexity index is 468. The second-order valence-electron chi connectivity index (χ2n) is 4.30. The van der Waals surface area contributed by atoms with Gasteiger partial charge in [-0.2, -0.15) is 8.78 Å². The maximum absolute atomic E-state index is 12.1. The molecule has 1 saturated heterocycles. The minimum absolute atomic E-state index is 0. The lowest BCUT2D eigenvalue weighted by Gasteiger charge is -2.27. The van der Waals surface area contributed by atoms with Gasteiger partial charge in [0.05, 0.1) is 19.8 Å². The van der Waals surface area contributed by atoms with Gasteiger partial charge in [-0.3, -0.25) is 0 Å². The summed E-state index contributed by atoms with van der Waals surface area (Å²) in [6.45, 7) is 0.186. The van der Waals surface area contributed by atoms with Gasteiger partial charge in [-0.05, 0) is 17.7 Å². The standard InChI is InChI=1S/C13H17F2N3O2.HI/c14-12(15)20-11-3-1-2-10(8-11)9-17-13(16)18-4-6-19-7-5-18;/h1-3,8,12H,4-7,9H2,(H2,16,17);1H. The van der Waals surface area contributed by atoms with Crippen LogP contribution >= 0.6 is 24.0 Å². The molecular weight excluding hydrogens is 395 g/mol. The lowest BCUT2D eigenvalue weighted by atomic mass is 10.2. The van der Waals surface area contributed by atoms with Crippen LogP contribution in [0, 0.1) is 0 Å². The van der Waals surface area contributed by atoms with Crippen LogP contribution in [0.2, 0.25) is 0 Å². The Morgan fingerprint density at radius 1 is 1.38 bits per heavy atom. The number of rotatable bonds is 4. The fourth-order valence-electron chi connectivity index (χ4n) is 1.88. The van der Waals surface area contributed by atoms with E-state index in [-0.39, 0.29) is 29.7 Å². The summed E-state index contributed by atoms with van der Waals surface area (Å²) in [7, 11) is 0. The topological polar surface area (TPSA) is 60.1 Å². The average Bonchev–Trinajstić information content (AvgIpc) is 2.45. The highest BCUT2D eigenvalue weighted by atomic mass is 127. The highest BCUT2D eigenvalue weighted by Crippen LogP contribution is 2.16. The summed E-state index contributed by atoms with van der Waals surface area (Å²) in [4.78, 5) is 6.19. The quantitative estimate of drug-likeness (QED) is 0.467. The van der Waals surface area contributed by atoms with E-state index in [1.807, 2.05) is 4.90 Å². The first-order valence-electron chi connectivity index (χ1n) is 6.31. The van der Waals surface area contributed by atoms with Crippen LogP contribution in [0.15, 0.2) is 29.3 Å². The van der Waals surface area contributed by atoms with Gasteiger partial charge in [-0.15, -0.1) is 24.0 Å². The summed E-state index contributed by atoms with van der Waals surface area (Å²) < 4.78 is 33.8. The van der Waals surface area contributed by atoms with Gasteiger partial charge in [0.25, 0.3) is 0 Å². The summed E-state index contributed by atoms with van der Waals surface area (Å²) in [6, 6.07) is 6.44. The van der Waals surface area contributed by atoms with Gasteiger partial charge >= 0.3 is 6.61 Å². The van der Waals surface area contributed by atoms with E-state index >= 15 is 0 Å². The van der Waals surface area contributed by atoms with Gasteiger partial charge in [0.15, 0.2) is 5.96 Å². The molecule has 0 saturated carbocycles. The summed E-state index contributed by atoms with van der Waals surface area (Å²) in [5, 5.41) is 0. The van der Waals surface area contributed by atoms with Crippen molar-refractivity contribution in [3.8, 4) is 5.75 Å². The Morgan fingerprint density at radius 3 is 2.76 bits per heavy atom. The summed E-state index contributed by atoms with van der Waals surface area (Å²) in [5.74, 6) is 0.561. The number of nitrogens with two attached hydrogens (primary N) is 1. The zero-order valence-corrected chi connectivity index (χ0v) is 13.7. The lowest BCUT2D eigenvalue weighted by Crippen LogP contribution is -2.44. The Balaban J connectivity index is 0.00000220. The molecule has 1 aliphatic heterocycles. The molecule has 0 spiro atoms. The Kier molecular flexibility index (Phi) is 7.65. The first kappa shape index (κ1) is 17.9. The van der Waals surface area contributed by atoms with Crippen LogP contribution in [0.4, 0.5) is 8.78 Å². The third-order valence-corrected chi connectivity index (χ3v) is 2.88. The molecule has 1 fully saturated rings. The number of morpholine rings is 1. The molecule has 0 radical (unpaired) electrons. The number of aliphatic imine (C=N–C) groups is 1. The minimum Gasteiger partial charge on any atom is -0.435 e. The smallest absolute Gasteiger partial charge is 0.387 e. The van der Waals surface area contributed by atoms with E-state index in [0.29, 0.717) is 38.8 Å². The molecule has 1 heterocycles. The van der Waals surface area contributed by atoms with E-state index in [4.69, 9.17) is 10.5 Å². The zero-order valence-electron chi connectivity index (χ0n) is 11.4. The van der Waals surface area contributed by atoms with Crippen LogP contribution in [-0.2, 0) is 11.3 Å². The van der Waals surface area contributed by atoms with E-state index in [9.17, 15) is 8.78 Å². The first-order chi connectivity index (χ1) is 9.65. The molecular formula is C13H18F2IN3O2. The predicted molar refractivity (Wildman–Crippen MR) is 86.2 cm³/mol. The molecule has 5 nitrogen and oxygen atoms in total. The van der Waals surface area contributed by atoms with Crippen molar-refractivity contribution in [1.29, 1.82) is 0 Å². The van der Waals surface area contributed by atoms with E-state index in [1.165, 1.54) is 12.1 Å². The summed E-state index contributed by atoms with van der Waals surface area (Å²) in [6.07, 6.45) is 0. The maximum atomic E-state index is 12.1. The van der Waals surface area contributed by atoms with Gasteiger partial charge in [-0.1, -0.05) is 12.1 Å². The number of guanidine groups is 1. The molecule has 118 valence electrons. The maximum Gasteiger partial charge on any atom is 0.387 e. The van der Waals surface area contributed by atoms with Crippen molar-refractivity contribution in [1.82, 2.24) is 4.90 Å². The molecule has 8 heteroatoms. The normalized spacial score (nSPS) is 15.8. The molecule has 1 aromatic carbocycles. The van der Waals surface area contributed by atoms with Crippen LogP contribution in [0.25, 0.3) is 0 Å². The number of hydrogen-bond acceptors (Lipinski definition) is 3. The van der Waals surface area contributed by atoms with E-state index < -0.39 is 6.61 Å². The van der Waals surface area contributed by atoms with Gasteiger partial charge < -0.3 is 20.1 Å². The van der Waals surface area contributed by atoms with Crippen LogP contribution in [0.5, 0.6) is 5.75 Å². The van der Waals surface area contributed by atoms with Gasteiger partial charge in [-0.25, -0.2) is 4.99 Å². The molecule has 0 atom stereocenters. The van der Waals surface area contributed by atoms with E-state index in [0.717, 1.165) is 5.56 Å². The van der Waals surface area contributed by atoms with E-state index in [1.54, 1.807) is 12.1 Å². The number of halogens is 3. The largest absolute Gasteiger partial charge is 0.435 e. The monoisotopic (exact) mass is 413 g/mol. The van der Waals surface area contributed by atoms with Crippen molar-refractivity contribution < 1.29 is 18.3 Å². The van der Waals surface area contributed by atoms with Crippen molar-refractivity contribution in [3.05, 3.63) is 29.8 Å². The fraction of sp³-hybridized carbons (Fsp3) is 0.462. The molecule has 21 heavy (non-hydrogen) atoms. The van der Waals surface area contributed by atoms with Crippen LogP contribution in [0.1, 0.15) is 5.56 Å². The van der Waals surface area contributed by atoms with Crippen molar-refractivity contribution in [2.24, 2.45) is 10.7 Å². The Morgan fingerprint density at radius 2 is 2.10 bits per heavy atom. The Hall–Kier alpha value is -1.16. The first-order valence-corrected chi connectivity index (χ1v) is 6.31.